The van der Waals surface area contributed by atoms with Gasteiger partial charge in [0.1, 0.15) is 12.8 Å². The van der Waals surface area contributed by atoms with Crippen LogP contribution in [0.15, 0.2) is 47.2 Å². The summed E-state index contributed by atoms with van der Waals surface area (Å²) in [4.78, 5) is 26.7. The molecule has 1 heterocycles. The lowest BCUT2D eigenvalue weighted by Crippen LogP contribution is -2.46. The molecule has 1 saturated carbocycles. The maximum Gasteiger partial charge on any atom is 0.318 e. The molecule has 0 radical (unpaired) electrons. The largest absolute Gasteiger partial charge is 0.363 e. The molecular formula is C20H26N4O3. The Morgan fingerprint density at radius 1 is 1.11 bits per heavy atom. The van der Waals surface area contributed by atoms with Gasteiger partial charge >= 0.3 is 6.03 Å². The Balaban J connectivity index is 1.58. The van der Waals surface area contributed by atoms with Gasteiger partial charge in [0, 0.05) is 19.2 Å². The summed E-state index contributed by atoms with van der Waals surface area (Å²) in [6, 6.07) is 11.1. The van der Waals surface area contributed by atoms with Crippen LogP contribution in [0, 0.1) is 5.92 Å². The van der Waals surface area contributed by atoms with Crippen molar-refractivity contribution < 1.29 is 14.1 Å². The zero-order valence-electron chi connectivity index (χ0n) is 15.4. The zero-order valence-corrected chi connectivity index (χ0v) is 15.4. The third-order valence-electron chi connectivity index (χ3n) is 4.82. The van der Waals surface area contributed by atoms with E-state index in [2.05, 4.69) is 15.8 Å². The van der Waals surface area contributed by atoms with E-state index in [1.807, 2.05) is 30.3 Å². The number of nitrogens with zero attached hydrogens (tertiary/aromatic N) is 2. The smallest absolute Gasteiger partial charge is 0.318 e. The zero-order chi connectivity index (χ0) is 18.9. The Kier molecular flexibility index (Phi) is 6.84. The van der Waals surface area contributed by atoms with Crippen LogP contribution in [0.25, 0.3) is 0 Å². The summed E-state index contributed by atoms with van der Waals surface area (Å²) < 4.78 is 4.72. The maximum absolute atomic E-state index is 12.7. The predicted molar refractivity (Wildman–Crippen MR) is 102 cm³/mol. The highest BCUT2D eigenvalue weighted by Gasteiger charge is 2.23. The minimum Gasteiger partial charge on any atom is -0.363 e. The van der Waals surface area contributed by atoms with Gasteiger partial charge in [0.25, 0.3) is 0 Å². The molecule has 2 aromatic rings. The van der Waals surface area contributed by atoms with Crippen molar-refractivity contribution in [1.29, 1.82) is 0 Å². The molecule has 2 N–H and O–H groups in total. The van der Waals surface area contributed by atoms with Gasteiger partial charge in [-0.05, 0) is 24.3 Å². The van der Waals surface area contributed by atoms with Crippen LogP contribution in [0.5, 0.6) is 0 Å². The monoisotopic (exact) mass is 370 g/mol. The van der Waals surface area contributed by atoms with Crippen molar-refractivity contribution in [3.8, 4) is 0 Å². The van der Waals surface area contributed by atoms with Gasteiger partial charge in [-0.25, -0.2) is 4.79 Å². The highest BCUT2D eigenvalue weighted by atomic mass is 16.5. The number of rotatable bonds is 7. The van der Waals surface area contributed by atoms with E-state index in [0.29, 0.717) is 24.8 Å². The number of anilines is 1. The van der Waals surface area contributed by atoms with E-state index in [1.165, 1.54) is 25.5 Å². The molecule has 0 aliphatic heterocycles. The van der Waals surface area contributed by atoms with Crippen LogP contribution >= 0.6 is 0 Å². The molecule has 3 rings (SSSR count). The number of carbonyl (C=O) groups excluding carboxylic acids is 2. The summed E-state index contributed by atoms with van der Waals surface area (Å²) in [5.41, 5.74) is 1.02. The predicted octanol–water partition coefficient (Wildman–Crippen LogP) is 3.41. The van der Waals surface area contributed by atoms with Crippen LogP contribution in [0.1, 0.15) is 37.7 Å². The molecule has 27 heavy (non-hydrogen) atoms. The van der Waals surface area contributed by atoms with Crippen LogP contribution in [-0.4, -0.2) is 35.1 Å². The summed E-state index contributed by atoms with van der Waals surface area (Å²) in [6.07, 6.45) is 7.23. The highest BCUT2D eigenvalue weighted by Crippen LogP contribution is 2.24. The standard InChI is InChI=1S/C20H26N4O3/c25-19(22-18-11-12-27-23-18)15-24(14-17-9-5-2-6-10-17)20(26)21-13-16-7-3-1-4-8-16/h1,3-4,7-8,11-12,17H,2,5-6,9-10,13-15H2,(H,21,26)(H,22,23,25). The minimum absolute atomic E-state index is 0.00994. The Morgan fingerprint density at radius 2 is 1.89 bits per heavy atom. The molecule has 0 spiro atoms. The van der Waals surface area contributed by atoms with E-state index in [-0.39, 0.29) is 18.5 Å². The summed E-state index contributed by atoms with van der Waals surface area (Å²) in [5, 5.41) is 9.25. The van der Waals surface area contributed by atoms with Crippen LogP contribution in [0.4, 0.5) is 10.6 Å². The number of hydrogen-bond acceptors (Lipinski definition) is 4. The Bertz CT molecular complexity index is 712. The van der Waals surface area contributed by atoms with Crippen molar-refractivity contribution in [2.45, 2.75) is 38.6 Å². The fraction of sp³-hybridized carbons (Fsp3) is 0.450. The first-order valence-corrected chi connectivity index (χ1v) is 9.47. The number of hydrogen-bond donors (Lipinski definition) is 2. The molecule has 7 heteroatoms. The van der Waals surface area contributed by atoms with Gasteiger partial charge in [-0.3, -0.25) is 4.79 Å². The number of amides is 3. The van der Waals surface area contributed by atoms with Gasteiger partial charge in [0.2, 0.25) is 5.91 Å². The lowest BCUT2D eigenvalue weighted by atomic mass is 9.89. The van der Waals surface area contributed by atoms with Crippen molar-refractivity contribution >= 4 is 17.8 Å². The van der Waals surface area contributed by atoms with Crippen LogP contribution in [0.2, 0.25) is 0 Å². The summed E-state index contributed by atoms with van der Waals surface area (Å²) in [7, 11) is 0. The number of carbonyl (C=O) groups is 2. The third-order valence-corrected chi connectivity index (χ3v) is 4.82. The van der Waals surface area contributed by atoms with Crippen molar-refractivity contribution in [3.63, 3.8) is 0 Å². The molecular weight excluding hydrogens is 344 g/mol. The molecule has 1 aliphatic carbocycles. The number of urea groups is 1. The molecule has 0 atom stereocenters. The molecule has 0 bridgehead atoms. The molecule has 7 nitrogen and oxygen atoms in total. The van der Waals surface area contributed by atoms with Gasteiger partial charge in [-0.1, -0.05) is 54.8 Å². The molecule has 3 amide bonds. The Hall–Kier alpha value is -2.83. The van der Waals surface area contributed by atoms with Gasteiger partial charge in [-0.15, -0.1) is 0 Å². The van der Waals surface area contributed by atoms with Crippen molar-refractivity contribution in [1.82, 2.24) is 15.4 Å². The quantitative estimate of drug-likeness (QED) is 0.782. The highest BCUT2D eigenvalue weighted by molar-refractivity contribution is 5.93. The topological polar surface area (TPSA) is 87.5 Å². The number of benzene rings is 1. The molecule has 1 aliphatic rings. The van der Waals surface area contributed by atoms with Crippen molar-refractivity contribution in [3.05, 3.63) is 48.2 Å². The summed E-state index contributed by atoms with van der Waals surface area (Å²) >= 11 is 0. The van der Waals surface area contributed by atoms with Crippen LogP contribution < -0.4 is 10.6 Å². The molecule has 1 aromatic carbocycles. The van der Waals surface area contributed by atoms with E-state index in [0.717, 1.165) is 18.4 Å². The second-order valence-electron chi connectivity index (χ2n) is 6.96. The van der Waals surface area contributed by atoms with Crippen LogP contribution in [0.3, 0.4) is 0 Å². The van der Waals surface area contributed by atoms with Gasteiger partial charge in [0.05, 0.1) is 0 Å². The van der Waals surface area contributed by atoms with E-state index >= 15 is 0 Å². The normalized spacial score (nSPS) is 14.5. The first-order chi connectivity index (χ1) is 13.2. The number of aromatic nitrogens is 1. The van der Waals surface area contributed by atoms with Gasteiger partial charge < -0.3 is 20.1 Å². The fourth-order valence-electron chi connectivity index (χ4n) is 3.42. The van der Waals surface area contributed by atoms with Crippen molar-refractivity contribution in [2.75, 3.05) is 18.4 Å². The SMILES string of the molecule is O=C(CN(CC1CCCCC1)C(=O)NCc1ccccc1)Nc1ccon1. The van der Waals surface area contributed by atoms with E-state index in [9.17, 15) is 9.59 Å². The Morgan fingerprint density at radius 3 is 2.59 bits per heavy atom. The second-order valence-corrected chi connectivity index (χ2v) is 6.96. The van der Waals surface area contributed by atoms with E-state index < -0.39 is 0 Å². The first-order valence-electron chi connectivity index (χ1n) is 9.47. The summed E-state index contributed by atoms with van der Waals surface area (Å²) in [6.45, 7) is 1.02. The van der Waals surface area contributed by atoms with E-state index in [1.54, 1.807) is 11.0 Å². The fourth-order valence-corrected chi connectivity index (χ4v) is 3.42. The minimum atomic E-state index is -0.283. The summed E-state index contributed by atoms with van der Waals surface area (Å²) in [5.74, 6) is 0.512. The molecule has 0 unspecified atom stereocenters. The van der Waals surface area contributed by atoms with Gasteiger partial charge in [-0.2, -0.15) is 0 Å². The average Bonchev–Trinajstić information content (AvgIpc) is 3.20. The second kappa shape index (κ2) is 9.75. The maximum atomic E-state index is 12.7. The first kappa shape index (κ1) is 18.9. The average molecular weight is 370 g/mol. The molecule has 1 aromatic heterocycles. The van der Waals surface area contributed by atoms with Gasteiger partial charge in [0.15, 0.2) is 5.82 Å². The van der Waals surface area contributed by atoms with E-state index in [4.69, 9.17) is 4.52 Å². The molecule has 144 valence electrons. The number of nitrogens with one attached hydrogen (secondary N) is 2. The molecule has 1 fully saturated rings. The van der Waals surface area contributed by atoms with Crippen molar-refractivity contribution in [2.24, 2.45) is 5.92 Å². The Labute approximate surface area is 159 Å². The molecule has 0 saturated heterocycles. The van der Waals surface area contributed by atoms with Crippen LogP contribution in [-0.2, 0) is 11.3 Å². The third kappa shape index (κ3) is 6.13. The lowest BCUT2D eigenvalue weighted by Gasteiger charge is -2.29. The lowest BCUT2D eigenvalue weighted by molar-refractivity contribution is -0.117.